The maximum absolute atomic E-state index is 11.5. The Kier molecular flexibility index (Phi) is 3.96. The summed E-state index contributed by atoms with van der Waals surface area (Å²) in [6.07, 6.45) is -0.558. The van der Waals surface area contributed by atoms with Gasteiger partial charge in [0.2, 0.25) is 0 Å². The predicted molar refractivity (Wildman–Crippen MR) is 65.9 cm³/mol. The van der Waals surface area contributed by atoms with Gasteiger partial charge >= 0.3 is 6.09 Å². The summed E-state index contributed by atoms with van der Waals surface area (Å²) in [5.41, 5.74) is 5.95. The minimum absolute atomic E-state index is 0.0565. The maximum Gasteiger partial charge on any atom is 0.412 e. The van der Waals surface area contributed by atoms with Crippen LogP contribution in [0.25, 0.3) is 0 Å². The van der Waals surface area contributed by atoms with Crippen molar-refractivity contribution in [2.24, 2.45) is 5.73 Å². The number of amides is 1. The van der Waals surface area contributed by atoms with Gasteiger partial charge in [-0.3, -0.25) is 5.32 Å². The number of hydrogen-bond acceptors (Lipinski definition) is 4. The molecule has 4 N–H and O–H groups in total. The predicted octanol–water partition coefficient (Wildman–Crippen LogP) is 2.20. The summed E-state index contributed by atoms with van der Waals surface area (Å²) in [7, 11) is 0. The molecule has 0 fully saturated rings. The van der Waals surface area contributed by atoms with Crippen molar-refractivity contribution >= 4 is 11.8 Å². The van der Waals surface area contributed by atoms with Crippen molar-refractivity contribution in [2.75, 3.05) is 5.32 Å². The van der Waals surface area contributed by atoms with Gasteiger partial charge in [0, 0.05) is 23.9 Å². The number of anilines is 1. The van der Waals surface area contributed by atoms with Crippen LogP contribution in [0.1, 0.15) is 26.3 Å². The second-order valence-corrected chi connectivity index (χ2v) is 4.67. The molecule has 0 aliphatic carbocycles. The molecule has 0 atom stereocenters. The quantitative estimate of drug-likeness (QED) is 0.737. The fourth-order valence-corrected chi connectivity index (χ4v) is 1.24. The summed E-state index contributed by atoms with van der Waals surface area (Å²) < 4.78 is 5.08. The van der Waals surface area contributed by atoms with Crippen LogP contribution in [0.4, 0.5) is 10.5 Å². The molecule has 1 aromatic rings. The minimum Gasteiger partial charge on any atom is -0.508 e. The van der Waals surface area contributed by atoms with Gasteiger partial charge in [-0.2, -0.15) is 0 Å². The zero-order valence-electron chi connectivity index (χ0n) is 10.3. The number of nitrogens with two attached hydrogens (primary N) is 1. The molecule has 0 heterocycles. The van der Waals surface area contributed by atoms with E-state index in [1.54, 1.807) is 32.9 Å². The number of phenols is 1. The minimum atomic E-state index is -0.558. The maximum atomic E-state index is 11.5. The van der Waals surface area contributed by atoms with E-state index in [1.165, 1.54) is 6.07 Å². The molecule has 0 aliphatic rings. The van der Waals surface area contributed by atoms with Gasteiger partial charge in [-0.25, -0.2) is 4.79 Å². The van der Waals surface area contributed by atoms with Crippen LogP contribution in [0.2, 0.25) is 0 Å². The van der Waals surface area contributed by atoms with E-state index in [1.807, 2.05) is 0 Å². The van der Waals surface area contributed by atoms with E-state index in [0.717, 1.165) is 0 Å². The van der Waals surface area contributed by atoms with Gasteiger partial charge < -0.3 is 15.6 Å². The lowest BCUT2D eigenvalue weighted by Gasteiger charge is -2.19. The lowest BCUT2D eigenvalue weighted by atomic mass is 10.2. The number of aromatic hydroxyl groups is 1. The fraction of sp³-hybridized carbons (Fsp3) is 0.417. The van der Waals surface area contributed by atoms with Crippen molar-refractivity contribution in [3.63, 3.8) is 0 Å². The molecule has 17 heavy (non-hydrogen) atoms. The average molecular weight is 238 g/mol. The second kappa shape index (κ2) is 5.05. The van der Waals surface area contributed by atoms with Crippen LogP contribution in [-0.2, 0) is 11.3 Å². The monoisotopic (exact) mass is 238 g/mol. The normalized spacial score (nSPS) is 11.1. The van der Waals surface area contributed by atoms with Gasteiger partial charge in [-0.05, 0) is 26.8 Å². The largest absolute Gasteiger partial charge is 0.508 e. The molecule has 5 nitrogen and oxygen atoms in total. The van der Waals surface area contributed by atoms with Crippen LogP contribution in [0, 0.1) is 0 Å². The Balaban J connectivity index is 2.69. The smallest absolute Gasteiger partial charge is 0.412 e. The molecule has 0 bridgehead atoms. The third kappa shape index (κ3) is 4.32. The fourth-order valence-electron chi connectivity index (χ4n) is 1.24. The van der Waals surface area contributed by atoms with Gasteiger partial charge in [-0.15, -0.1) is 0 Å². The van der Waals surface area contributed by atoms with Gasteiger partial charge in [0.1, 0.15) is 11.4 Å². The lowest BCUT2D eigenvalue weighted by Crippen LogP contribution is -2.27. The van der Waals surface area contributed by atoms with Crippen molar-refractivity contribution in [1.82, 2.24) is 0 Å². The van der Waals surface area contributed by atoms with Gasteiger partial charge in [-0.1, -0.05) is 6.07 Å². The highest BCUT2D eigenvalue weighted by atomic mass is 16.6. The Morgan fingerprint density at radius 2 is 2.12 bits per heavy atom. The van der Waals surface area contributed by atoms with Crippen LogP contribution in [0.15, 0.2) is 18.2 Å². The van der Waals surface area contributed by atoms with Crippen LogP contribution in [-0.4, -0.2) is 16.8 Å². The average Bonchev–Trinajstić information content (AvgIpc) is 2.14. The van der Waals surface area contributed by atoms with Crippen LogP contribution >= 0.6 is 0 Å². The standard InChI is InChI=1S/C12H18N2O3/c1-12(2,3)17-11(16)14-9-5-4-8(7-13)10(15)6-9/h4-6,15H,7,13H2,1-3H3,(H,14,16). The van der Waals surface area contributed by atoms with E-state index in [9.17, 15) is 9.90 Å². The van der Waals surface area contributed by atoms with Gasteiger partial charge in [0.05, 0.1) is 0 Å². The Labute approximate surface area is 101 Å². The first kappa shape index (κ1) is 13.3. The first-order valence-electron chi connectivity index (χ1n) is 5.34. The summed E-state index contributed by atoms with van der Waals surface area (Å²) in [5.74, 6) is 0.0565. The van der Waals surface area contributed by atoms with Crippen LogP contribution in [0.5, 0.6) is 5.75 Å². The van der Waals surface area contributed by atoms with Gasteiger partial charge in [0.25, 0.3) is 0 Å². The number of hydrogen-bond donors (Lipinski definition) is 3. The molecule has 0 aromatic heterocycles. The van der Waals surface area contributed by atoms with E-state index < -0.39 is 11.7 Å². The van der Waals surface area contributed by atoms with Crippen molar-refractivity contribution in [3.05, 3.63) is 23.8 Å². The molecular formula is C12H18N2O3. The van der Waals surface area contributed by atoms with Crippen LogP contribution < -0.4 is 11.1 Å². The molecule has 0 aliphatic heterocycles. The van der Waals surface area contributed by atoms with Crippen molar-refractivity contribution < 1.29 is 14.6 Å². The molecule has 94 valence electrons. The van der Waals surface area contributed by atoms with Crippen molar-refractivity contribution in [3.8, 4) is 5.75 Å². The topological polar surface area (TPSA) is 84.6 Å². The SMILES string of the molecule is CC(C)(C)OC(=O)Nc1ccc(CN)c(O)c1. The summed E-state index contributed by atoms with van der Waals surface area (Å²) in [4.78, 5) is 11.5. The highest BCUT2D eigenvalue weighted by molar-refractivity contribution is 5.85. The molecule has 5 heteroatoms. The number of rotatable bonds is 2. The Morgan fingerprint density at radius 1 is 1.47 bits per heavy atom. The number of ether oxygens (including phenoxy) is 1. The number of phenolic OH excluding ortho intramolecular Hbond substituents is 1. The number of carbonyl (C=O) groups excluding carboxylic acids is 1. The zero-order valence-corrected chi connectivity index (χ0v) is 10.3. The van der Waals surface area contributed by atoms with E-state index in [0.29, 0.717) is 11.3 Å². The number of carbonyl (C=O) groups is 1. The van der Waals surface area contributed by atoms with E-state index in [2.05, 4.69) is 5.32 Å². The molecular weight excluding hydrogens is 220 g/mol. The lowest BCUT2D eigenvalue weighted by molar-refractivity contribution is 0.0636. The summed E-state index contributed by atoms with van der Waals surface area (Å²) >= 11 is 0. The summed E-state index contributed by atoms with van der Waals surface area (Å²) in [6.45, 7) is 5.59. The Hall–Kier alpha value is -1.75. The molecule has 1 rings (SSSR count). The molecule has 0 radical (unpaired) electrons. The third-order valence-electron chi connectivity index (χ3n) is 1.95. The number of benzene rings is 1. The van der Waals surface area contributed by atoms with E-state index in [4.69, 9.17) is 10.5 Å². The highest BCUT2D eigenvalue weighted by Crippen LogP contribution is 2.22. The van der Waals surface area contributed by atoms with Crippen molar-refractivity contribution in [2.45, 2.75) is 32.9 Å². The van der Waals surface area contributed by atoms with Crippen LogP contribution in [0.3, 0.4) is 0 Å². The van der Waals surface area contributed by atoms with E-state index >= 15 is 0 Å². The summed E-state index contributed by atoms with van der Waals surface area (Å²) in [6, 6.07) is 4.75. The molecule has 1 aromatic carbocycles. The van der Waals surface area contributed by atoms with Crippen molar-refractivity contribution in [1.29, 1.82) is 0 Å². The first-order chi connectivity index (χ1) is 7.81. The Morgan fingerprint density at radius 3 is 2.59 bits per heavy atom. The summed E-state index contributed by atoms with van der Waals surface area (Å²) in [5, 5.41) is 12.1. The Bertz CT molecular complexity index is 411. The third-order valence-corrected chi connectivity index (χ3v) is 1.95. The van der Waals surface area contributed by atoms with Gasteiger partial charge in [0.15, 0.2) is 0 Å². The molecule has 1 amide bonds. The molecule has 0 saturated carbocycles. The molecule has 0 saturated heterocycles. The molecule has 0 spiro atoms. The number of nitrogens with one attached hydrogen (secondary N) is 1. The highest BCUT2D eigenvalue weighted by Gasteiger charge is 2.16. The van der Waals surface area contributed by atoms with E-state index in [-0.39, 0.29) is 12.3 Å². The molecule has 0 unspecified atom stereocenters. The first-order valence-corrected chi connectivity index (χ1v) is 5.34. The zero-order chi connectivity index (χ0) is 13.1. The second-order valence-electron chi connectivity index (χ2n) is 4.67.